The number of unbranched alkanes of at least 4 members (excludes halogenated alkanes) is 1. The number of para-hydroxylation sites is 1. The molecule has 1 unspecified atom stereocenters. The third-order valence-corrected chi connectivity index (χ3v) is 6.82. The summed E-state index contributed by atoms with van der Waals surface area (Å²) in [4.78, 5) is 29.8. The molecule has 2 amide bonds. The number of benzene rings is 2. The second-order valence-corrected chi connectivity index (χ2v) is 9.25. The third-order valence-electron chi connectivity index (χ3n) is 6.82. The molecular formula is C27H35N3O4. The molecule has 2 aromatic rings. The number of aliphatic hydroxyl groups is 1. The highest BCUT2D eigenvalue weighted by molar-refractivity contribution is 5.97. The van der Waals surface area contributed by atoms with Crippen LogP contribution in [0.25, 0.3) is 0 Å². The molecule has 2 aromatic carbocycles. The highest BCUT2D eigenvalue weighted by Crippen LogP contribution is 2.29. The van der Waals surface area contributed by atoms with Gasteiger partial charge in [0, 0.05) is 13.1 Å². The van der Waals surface area contributed by atoms with Gasteiger partial charge in [0.2, 0.25) is 11.8 Å². The number of carbonyl (C=O) groups excluding carboxylic acids is 2. The summed E-state index contributed by atoms with van der Waals surface area (Å²) in [6, 6.07) is 16.7. The first-order chi connectivity index (χ1) is 16.6. The maximum Gasteiger partial charge on any atom is 0.248 e. The molecule has 0 saturated carbocycles. The summed E-state index contributed by atoms with van der Waals surface area (Å²) in [6.07, 6.45) is 3.55. The number of piperidine rings is 1. The van der Waals surface area contributed by atoms with Gasteiger partial charge in [-0.1, -0.05) is 43.7 Å². The summed E-state index contributed by atoms with van der Waals surface area (Å²) in [6.45, 7) is 4.91. The van der Waals surface area contributed by atoms with Crippen molar-refractivity contribution >= 4 is 11.8 Å². The van der Waals surface area contributed by atoms with Crippen molar-refractivity contribution in [3.05, 3.63) is 60.2 Å². The Balaban J connectivity index is 1.32. The fourth-order valence-corrected chi connectivity index (χ4v) is 4.94. The second-order valence-electron chi connectivity index (χ2n) is 9.25. The summed E-state index contributed by atoms with van der Waals surface area (Å²) in [5, 5.41) is 12.2. The minimum atomic E-state index is -0.811. The van der Waals surface area contributed by atoms with Crippen molar-refractivity contribution in [1.82, 2.24) is 15.1 Å². The predicted molar refractivity (Wildman–Crippen MR) is 130 cm³/mol. The minimum absolute atomic E-state index is 0.123. The van der Waals surface area contributed by atoms with Crippen LogP contribution >= 0.6 is 0 Å². The molecule has 7 nitrogen and oxygen atoms in total. The fraction of sp³-hybridized carbons (Fsp3) is 0.481. The number of rotatable bonds is 9. The number of hydrogen-bond acceptors (Lipinski definition) is 5. The fourth-order valence-electron chi connectivity index (χ4n) is 4.94. The number of hydrogen-bond donors (Lipinski definition) is 2. The van der Waals surface area contributed by atoms with Crippen molar-refractivity contribution in [2.24, 2.45) is 5.92 Å². The zero-order valence-corrected chi connectivity index (χ0v) is 19.9. The molecule has 2 N–H and O–H groups in total. The standard InChI is InChI=1S/C27H35N3O4/c1-2-3-15-30-25(26(32)28-24(19-31)27(30)33)21-13-16-29(17-14-21)18-20-9-11-23(12-10-20)34-22-7-5-4-6-8-22/h4-12,21,24-25,31H,2-3,13-19H2,1H3,(H,28,32)/t24-,25?/m0/s1. The summed E-state index contributed by atoms with van der Waals surface area (Å²) in [5.41, 5.74) is 1.22. The molecule has 0 aromatic heterocycles. The third kappa shape index (κ3) is 5.77. The van der Waals surface area contributed by atoms with Crippen molar-refractivity contribution in [3.8, 4) is 11.5 Å². The summed E-state index contributed by atoms with van der Waals surface area (Å²) in [7, 11) is 0. The van der Waals surface area contributed by atoms with Crippen molar-refractivity contribution in [3.63, 3.8) is 0 Å². The van der Waals surface area contributed by atoms with Crippen LogP contribution in [0.1, 0.15) is 38.2 Å². The Kier molecular flexibility index (Phi) is 8.19. The first kappa shape index (κ1) is 24.2. The van der Waals surface area contributed by atoms with Gasteiger partial charge in [-0.05, 0) is 68.1 Å². The van der Waals surface area contributed by atoms with E-state index in [9.17, 15) is 14.7 Å². The maximum absolute atomic E-state index is 12.9. The number of aliphatic hydroxyl groups excluding tert-OH is 1. The molecule has 2 heterocycles. The number of ether oxygens (including phenoxy) is 1. The molecular weight excluding hydrogens is 430 g/mol. The number of amides is 2. The van der Waals surface area contributed by atoms with E-state index in [2.05, 4.69) is 29.3 Å². The lowest BCUT2D eigenvalue weighted by molar-refractivity contribution is -0.153. The Morgan fingerprint density at radius 1 is 1.00 bits per heavy atom. The molecule has 0 radical (unpaired) electrons. The molecule has 0 bridgehead atoms. The van der Waals surface area contributed by atoms with Crippen molar-refractivity contribution in [1.29, 1.82) is 0 Å². The van der Waals surface area contributed by atoms with Crippen LogP contribution in [0.15, 0.2) is 54.6 Å². The average molecular weight is 466 g/mol. The second kappa shape index (κ2) is 11.5. The zero-order valence-electron chi connectivity index (χ0n) is 19.9. The monoisotopic (exact) mass is 465 g/mol. The Labute approximate surface area is 201 Å². The zero-order chi connectivity index (χ0) is 23.9. The predicted octanol–water partition coefficient (Wildman–Crippen LogP) is 3.18. The molecule has 2 aliphatic heterocycles. The van der Waals surface area contributed by atoms with E-state index in [-0.39, 0.29) is 24.3 Å². The van der Waals surface area contributed by atoms with Gasteiger partial charge in [0.1, 0.15) is 23.6 Å². The first-order valence-electron chi connectivity index (χ1n) is 12.3. The average Bonchev–Trinajstić information content (AvgIpc) is 2.86. The van der Waals surface area contributed by atoms with Gasteiger partial charge < -0.3 is 20.1 Å². The SMILES string of the molecule is CCCCN1C(=O)[C@H](CO)NC(=O)C1C1CCN(Cc2ccc(Oc3ccccc3)cc2)CC1. The van der Waals surface area contributed by atoms with E-state index in [4.69, 9.17) is 4.74 Å². The minimum Gasteiger partial charge on any atom is -0.457 e. The van der Waals surface area contributed by atoms with Crippen LogP contribution in [0.2, 0.25) is 0 Å². The molecule has 2 aliphatic rings. The molecule has 2 fully saturated rings. The van der Waals surface area contributed by atoms with Crippen LogP contribution in [0.4, 0.5) is 0 Å². The Bertz CT molecular complexity index is 942. The van der Waals surface area contributed by atoms with Gasteiger partial charge in [0.05, 0.1) is 6.61 Å². The molecule has 0 aliphatic carbocycles. The number of carbonyl (C=O) groups is 2. The van der Waals surface area contributed by atoms with E-state index in [0.29, 0.717) is 6.54 Å². The Morgan fingerprint density at radius 2 is 1.68 bits per heavy atom. The van der Waals surface area contributed by atoms with Crippen LogP contribution in [-0.4, -0.2) is 65.0 Å². The van der Waals surface area contributed by atoms with Crippen LogP contribution in [0, 0.1) is 5.92 Å². The van der Waals surface area contributed by atoms with Gasteiger partial charge in [-0.25, -0.2) is 0 Å². The van der Waals surface area contributed by atoms with E-state index in [1.807, 2.05) is 42.5 Å². The summed E-state index contributed by atoms with van der Waals surface area (Å²) >= 11 is 0. The van der Waals surface area contributed by atoms with Gasteiger partial charge in [0.25, 0.3) is 0 Å². The number of nitrogens with zero attached hydrogens (tertiary/aromatic N) is 2. The number of nitrogens with one attached hydrogen (secondary N) is 1. The highest BCUT2D eigenvalue weighted by atomic mass is 16.5. The van der Waals surface area contributed by atoms with E-state index in [0.717, 1.165) is 56.8 Å². The van der Waals surface area contributed by atoms with Crippen LogP contribution in [0.3, 0.4) is 0 Å². The van der Waals surface area contributed by atoms with Crippen molar-refractivity contribution in [2.45, 2.75) is 51.2 Å². The van der Waals surface area contributed by atoms with Gasteiger partial charge in [-0.3, -0.25) is 14.5 Å². The quantitative estimate of drug-likeness (QED) is 0.595. The molecule has 7 heteroatoms. The van der Waals surface area contributed by atoms with Crippen molar-refractivity contribution in [2.75, 3.05) is 26.2 Å². The van der Waals surface area contributed by atoms with Crippen molar-refractivity contribution < 1.29 is 19.4 Å². The Hall–Kier alpha value is -2.90. The van der Waals surface area contributed by atoms with E-state index in [1.165, 1.54) is 5.56 Å². The van der Waals surface area contributed by atoms with Crippen LogP contribution in [-0.2, 0) is 16.1 Å². The first-order valence-corrected chi connectivity index (χ1v) is 12.3. The van der Waals surface area contributed by atoms with Crippen LogP contribution < -0.4 is 10.1 Å². The van der Waals surface area contributed by atoms with Crippen LogP contribution in [0.5, 0.6) is 11.5 Å². The largest absolute Gasteiger partial charge is 0.457 e. The Morgan fingerprint density at radius 3 is 2.32 bits per heavy atom. The van der Waals surface area contributed by atoms with Gasteiger partial charge in [-0.2, -0.15) is 0 Å². The van der Waals surface area contributed by atoms with Gasteiger partial charge in [0.15, 0.2) is 0 Å². The molecule has 0 spiro atoms. The molecule has 4 rings (SSSR count). The molecule has 2 saturated heterocycles. The highest BCUT2D eigenvalue weighted by Gasteiger charge is 2.44. The summed E-state index contributed by atoms with van der Waals surface area (Å²) in [5.74, 6) is 1.50. The maximum atomic E-state index is 12.9. The smallest absolute Gasteiger partial charge is 0.248 e. The normalized spacial score (nSPS) is 22.0. The topological polar surface area (TPSA) is 82.1 Å². The molecule has 34 heavy (non-hydrogen) atoms. The van der Waals surface area contributed by atoms with Gasteiger partial charge in [-0.15, -0.1) is 0 Å². The van der Waals surface area contributed by atoms with E-state index in [1.54, 1.807) is 4.90 Å². The van der Waals surface area contributed by atoms with E-state index >= 15 is 0 Å². The lowest BCUT2D eigenvalue weighted by Crippen LogP contribution is -2.66. The summed E-state index contributed by atoms with van der Waals surface area (Å²) < 4.78 is 5.88. The van der Waals surface area contributed by atoms with E-state index < -0.39 is 12.1 Å². The number of piperazine rings is 1. The lowest BCUT2D eigenvalue weighted by Gasteiger charge is -2.44. The lowest BCUT2D eigenvalue weighted by atomic mass is 9.85. The molecule has 182 valence electrons. The number of likely N-dealkylation sites (tertiary alicyclic amines) is 1. The van der Waals surface area contributed by atoms with Gasteiger partial charge >= 0.3 is 0 Å². The molecule has 2 atom stereocenters.